The molecule has 6 bridgehead atoms. The number of carbonyl (C=O) groups is 3. The van der Waals surface area contributed by atoms with Crippen LogP contribution in [0, 0.1) is 47.3 Å². The summed E-state index contributed by atoms with van der Waals surface area (Å²) in [6, 6.07) is 6.58. The lowest BCUT2D eigenvalue weighted by Crippen LogP contribution is -2.41. The molecule has 32 heavy (non-hydrogen) atoms. The van der Waals surface area contributed by atoms with Crippen molar-refractivity contribution in [3.05, 3.63) is 53.1 Å². The number of ether oxygens (including phenoxy) is 1. The Balaban J connectivity index is 1.23. The standard InChI is InChI=1S/C27H27NO4/c1-32-27(31)15-2-4-18(5-3-15)28-25(29)23-19-6-7-20(24(23)26(28)30)22(19)21-16-9-13-8-14(11-16)12-17(21)10-13/h2-7,13-14,16-17,19-20,23-24H,8-12H2,1H3/t13?,14?,16?,17?,19-,20+,23+,24-. The Morgan fingerprint density at radius 3 is 1.84 bits per heavy atom. The van der Waals surface area contributed by atoms with Crippen LogP contribution in [0.4, 0.5) is 5.69 Å². The molecule has 1 aliphatic heterocycles. The maximum absolute atomic E-state index is 13.6. The molecule has 1 aromatic rings. The molecule has 0 spiro atoms. The summed E-state index contributed by atoms with van der Waals surface area (Å²) < 4.78 is 4.75. The zero-order chi connectivity index (χ0) is 21.7. The molecule has 6 fully saturated rings. The number of nitrogens with zero attached hydrogens (tertiary/aromatic N) is 1. The van der Waals surface area contributed by atoms with Gasteiger partial charge in [0.1, 0.15) is 0 Å². The zero-order valence-corrected chi connectivity index (χ0v) is 18.2. The van der Waals surface area contributed by atoms with Gasteiger partial charge in [0.15, 0.2) is 0 Å². The first-order valence-electron chi connectivity index (χ1n) is 12.0. The fourth-order valence-electron chi connectivity index (χ4n) is 8.43. The summed E-state index contributed by atoms with van der Waals surface area (Å²) in [4.78, 5) is 40.2. The van der Waals surface area contributed by atoms with Crippen LogP contribution in [0.1, 0.15) is 42.5 Å². The topological polar surface area (TPSA) is 63.7 Å². The van der Waals surface area contributed by atoms with Gasteiger partial charge in [-0.05, 0) is 80.0 Å². The maximum atomic E-state index is 13.6. The van der Waals surface area contributed by atoms with Crippen molar-refractivity contribution < 1.29 is 19.1 Å². The molecule has 6 aliphatic carbocycles. The molecule has 164 valence electrons. The Labute approximate surface area is 187 Å². The molecule has 4 atom stereocenters. The monoisotopic (exact) mass is 429 g/mol. The van der Waals surface area contributed by atoms with Crippen molar-refractivity contribution in [2.24, 2.45) is 47.3 Å². The van der Waals surface area contributed by atoms with Crippen LogP contribution in [0.3, 0.4) is 0 Å². The fraction of sp³-hybridized carbons (Fsp3) is 0.519. The normalized spacial score (nSPS) is 40.6. The van der Waals surface area contributed by atoms with E-state index in [0.29, 0.717) is 23.1 Å². The molecule has 5 nitrogen and oxygen atoms in total. The molecule has 0 N–H and O–H groups in total. The average Bonchev–Trinajstić information content (AvgIpc) is 3.42. The number of amides is 2. The van der Waals surface area contributed by atoms with E-state index in [2.05, 4.69) is 12.2 Å². The summed E-state index contributed by atoms with van der Waals surface area (Å²) in [5.41, 5.74) is 4.06. The summed E-state index contributed by atoms with van der Waals surface area (Å²) in [6.07, 6.45) is 11.1. The minimum Gasteiger partial charge on any atom is -0.465 e. The van der Waals surface area contributed by atoms with Crippen LogP contribution in [-0.4, -0.2) is 24.9 Å². The summed E-state index contributed by atoms with van der Waals surface area (Å²) >= 11 is 0. The number of esters is 1. The highest BCUT2D eigenvalue weighted by Gasteiger charge is 2.63. The van der Waals surface area contributed by atoms with Gasteiger partial charge in [-0.25, -0.2) is 9.69 Å². The van der Waals surface area contributed by atoms with E-state index in [1.807, 2.05) is 0 Å². The first-order chi connectivity index (χ1) is 15.5. The molecule has 1 heterocycles. The predicted molar refractivity (Wildman–Crippen MR) is 117 cm³/mol. The Morgan fingerprint density at radius 2 is 1.34 bits per heavy atom. The quantitative estimate of drug-likeness (QED) is 0.403. The number of carbonyl (C=O) groups excluding carboxylic acids is 3. The van der Waals surface area contributed by atoms with E-state index in [9.17, 15) is 14.4 Å². The Kier molecular flexibility index (Phi) is 3.79. The van der Waals surface area contributed by atoms with Crippen molar-refractivity contribution >= 4 is 23.5 Å². The minimum absolute atomic E-state index is 0.0791. The van der Waals surface area contributed by atoms with E-state index in [1.54, 1.807) is 29.8 Å². The summed E-state index contributed by atoms with van der Waals surface area (Å²) in [7, 11) is 1.34. The van der Waals surface area contributed by atoms with Gasteiger partial charge in [-0.1, -0.05) is 23.3 Å². The first-order valence-corrected chi connectivity index (χ1v) is 12.0. The van der Waals surface area contributed by atoms with E-state index in [4.69, 9.17) is 4.74 Å². The third kappa shape index (κ3) is 2.32. The van der Waals surface area contributed by atoms with Crippen LogP contribution < -0.4 is 4.90 Å². The van der Waals surface area contributed by atoms with Crippen molar-refractivity contribution in [1.29, 1.82) is 0 Å². The van der Waals surface area contributed by atoms with Gasteiger partial charge in [-0.15, -0.1) is 0 Å². The lowest BCUT2D eigenvalue weighted by atomic mass is 9.53. The lowest BCUT2D eigenvalue weighted by molar-refractivity contribution is -0.123. The second-order valence-electron chi connectivity index (χ2n) is 10.8. The highest BCUT2D eigenvalue weighted by atomic mass is 16.5. The van der Waals surface area contributed by atoms with Gasteiger partial charge in [-0.3, -0.25) is 9.59 Å². The van der Waals surface area contributed by atoms with Crippen LogP contribution in [-0.2, 0) is 14.3 Å². The van der Waals surface area contributed by atoms with Crippen molar-refractivity contribution in [3.8, 4) is 0 Å². The molecule has 0 radical (unpaired) electrons. The molecule has 8 rings (SSSR count). The number of imide groups is 1. The van der Waals surface area contributed by atoms with Gasteiger partial charge in [0.25, 0.3) is 0 Å². The Bertz CT molecular complexity index is 1050. The SMILES string of the molecule is COC(=O)c1ccc(N2C(=O)[C@@H]3[C@H](C2=O)[C@H]2C=C[C@@H]3C2=C2C3CC4CC(C3)CC2C4)cc1. The van der Waals surface area contributed by atoms with E-state index < -0.39 is 5.97 Å². The van der Waals surface area contributed by atoms with Gasteiger partial charge in [-0.2, -0.15) is 0 Å². The highest BCUT2D eigenvalue weighted by molar-refractivity contribution is 6.23. The third-order valence-electron chi connectivity index (χ3n) is 9.31. The van der Waals surface area contributed by atoms with Crippen molar-refractivity contribution in [1.82, 2.24) is 0 Å². The summed E-state index contributed by atoms with van der Waals surface area (Å²) in [5, 5.41) is 0. The molecule has 7 aliphatic rings. The summed E-state index contributed by atoms with van der Waals surface area (Å²) in [5.74, 6) is 2.25. The van der Waals surface area contributed by atoms with Crippen molar-refractivity contribution in [3.63, 3.8) is 0 Å². The fourth-order valence-corrected chi connectivity index (χ4v) is 8.43. The highest BCUT2D eigenvalue weighted by Crippen LogP contribution is 2.63. The van der Waals surface area contributed by atoms with E-state index in [0.717, 1.165) is 11.8 Å². The smallest absolute Gasteiger partial charge is 0.337 e. The largest absolute Gasteiger partial charge is 0.465 e. The Morgan fingerprint density at radius 1 is 0.812 bits per heavy atom. The van der Waals surface area contributed by atoms with Crippen LogP contribution in [0.15, 0.2) is 47.6 Å². The second-order valence-corrected chi connectivity index (χ2v) is 10.8. The molecule has 5 saturated carbocycles. The zero-order valence-electron chi connectivity index (χ0n) is 18.2. The predicted octanol–water partition coefficient (Wildman–Crippen LogP) is 4.15. The summed E-state index contributed by atoms with van der Waals surface area (Å²) in [6.45, 7) is 0. The van der Waals surface area contributed by atoms with Crippen molar-refractivity contribution in [2.75, 3.05) is 12.0 Å². The van der Waals surface area contributed by atoms with E-state index in [-0.39, 0.29) is 35.5 Å². The minimum atomic E-state index is -0.429. The number of fused-ring (bicyclic) bond motifs is 5. The molecule has 0 unspecified atom stereocenters. The van der Waals surface area contributed by atoms with Gasteiger partial charge < -0.3 is 4.74 Å². The average molecular weight is 430 g/mol. The van der Waals surface area contributed by atoms with Crippen LogP contribution in [0.2, 0.25) is 0 Å². The maximum Gasteiger partial charge on any atom is 0.337 e. The van der Waals surface area contributed by atoms with E-state index in [1.165, 1.54) is 49.7 Å². The van der Waals surface area contributed by atoms with Crippen LogP contribution in [0.5, 0.6) is 0 Å². The van der Waals surface area contributed by atoms with Crippen LogP contribution in [0.25, 0.3) is 0 Å². The molecule has 0 aromatic heterocycles. The van der Waals surface area contributed by atoms with Crippen molar-refractivity contribution in [2.45, 2.75) is 32.1 Å². The molecular formula is C27H27NO4. The van der Waals surface area contributed by atoms with Gasteiger partial charge in [0, 0.05) is 11.8 Å². The van der Waals surface area contributed by atoms with Gasteiger partial charge >= 0.3 is 5.97 Å². The lowest BCUT2D eigenvalue weighted by Gasteiger charge is -2.52. The third-order valence-corrected chi connectivity index (χ3v) is 9.31. The van der Waals surface area contributed by atoms with Gasteiger partial charge in [0.2, 0.25) is 11.8 Å². The molecule has 1 aromatic carbocycles. The molecule has 2 amide bonds. The number of methoxy groups -OCH3 is 1. The second kappa shape index (κ2) is 6.43. The van der Waals surface area contributed by atoms with Crippen LogP contribution >= 0.6 is 0 Å². The molecule has 5 heteroatoms. The number of benzene rings is 1. The van der Waals surface area contributed by atoms with Gasteiger partial charge in [0.05, 0.1) is 30.2 Å². The van der Waals surface area contributed by atoms with E-state index >= 15 is 0 Å². The number of hydrogen-bond acceptors (Lipinski definition) is 4. The Hall–Kier alpha value is -2.69. The number of allylic oxidation sites excluding steroid dienone is 4. The first kappa shape index (κ1) is 18.8. The molecular weight excluding hydrogens is 402 g/mol. The molecule has 1 saturated heterocycles. The number of anilines is 1. The number of hydrogen-bond donors (Lipinski definition) is 0. The number of rotatable bonds is 2.